The predicted octanol–water partition coefficient (Wildman–Crippen LogP) is 3.95. The van der Waals surface area contributed by atoms with Gasteiger partial charge in [0.05, 0.1) is 22.2 Å². The van der Waals surface area contributed by atoms with Crippen molar-refractivity contribution in [1.29, 1.82) is 0 Å². The summed E-state index contributed by atoms with van der Waals surface area (Å²) in [6.07, 6.45) is 4.99. The van der Waals surface area contributed by atoms with E-state index in [0.29, 0.717) is 22.9 Å². The van der Waals surface area contributed by atoms with Crippen molar-refractivity contribution in [2.75, 3.05) is 0 Å². The number of rotatable bonds is 3. The standard InChI is InChI=1S/C20H23N7O2S/c1-11-7-16(27(28)29)24-25(11)9-15-22-18-17-13-6-5-12(20(2,3)4)8-14(13)30-19(17)21-10-26(18)23-15/h7,10,12H,5-6,8-9H2,1-4H3. The molecule has 30 heavy (non-hydrogen) atoms. The van der Waals surface area contributed by atoms with Crippen LogP contribution < -0.4 is 0 Å². The Kier molecular flexibility index (Phi) is 4.18. The zero-order valence-corrected chi connectivity index (χ0v) is 18.2. The zero-order valence-electron chi connectivity index (χ0n) is 17.4. The molecule has 4 aromatic rings. The van der Waals surface area contributed by atoms with Gasteiger partial charge in [-0.15, -0.1) is 16.4 Å². The number of hydrogen-bond donors (Lipinski definition) is 0. The van der Waals surface area contributed by atoms with Gasteiger partial charge < -0.3 is 10.1 Å². The van der Waals surface area contributed by atoms with Gasteiger partial charge in [-0.1, -0.05) is 20.8 Å². The van der Waals surface area contributed by atoms with E-state index in [4.69, 9.17) is 4.98 Å². The van der Waals surface area contributed by atoms with Crippen LogP contribution in [-0.2, 0) is 19.4 Å². The Hall–Kier alpha value is -2.88. The SMILES string of the molecule is Cc1cc([N+](=O)[O-])nn1Cc1nc2c3c4c(sc3ncn2n1)CC(C(C)(C)C)CC4. The number of nitrogens with zero attached hydrogens (tertiary/aromatic N) is 7. The van der Waals surface area contributed by atoms with E-state index in [1.807, 2.05) is 0 Å². The van der Waals surface area contributed by atoms with Crippen LogP contribution in [0.5, 0.6) is 0 Å². The quantitative estimate of drug-likeness (QED) is 0.364. The average molecular weight is 426 g/mol. The molecule has 0 amide bonds. The summed E-state index contributed by atoms with van der Waals surface area (Å²) >= 11 is 1.77. The van der Waals surface area contributed by atoms with Crippen molar-refractivity contribution in [3.8, 4) is 0 Å². The largest absolute Gasteiger partial charge is 0.390 e. The highest BCUT2D eigenvalue weighted by Gasteiger charge is 2.31. The number of hydrogen-bond acceptors (Lipinski definition) is 7. The summed E-state index contributed by atoms with van der Waals surface area (Å²) in [4.78, 5) is 22.3. The van der Waals surface area contributed by atoms with Crippen molar-refractivity contribution in [2.45, 2.75) is 53.5 Å². The Morgan fingerprint density at radius 1 is 1.33 bits per heavy atom. The van der Waals surface area contributed by atoms with Gasteiger partial charge in [-0.05, 0) is 48.0 Å². The number of aromatic nitrogens is 6. The Morgan fingerprint density at radius 3 is 2.83 bits per heavy atom. The van der Waals surface area contributed by atoms with E-state index in [-0.39, 0.29) is 12.4 Å². The van der Waals surface area contributed by atoms with Gasteiger partial charge in [0.2, 0.25) is 0 Å². The van der Waals surface area contributed by atoms with Crippen molar-refractivity contribution in [2.24, 2.45) is 11.3 Å². The number of nitro groups is 1. The maximum atomic E-state index is 11.0. The summed E-state index contributed by atoms with van der Waals surface area (Å²) in [5.41, 5.74) is 3.16. The highest BCUT2D eigenvalue weighted by Crippen LogP contribution is 2.43. The Bertz CT molecular complexity index is 1290. The van der Waals surface area contributed by atoms with E-state index < -0.39 is 4.92 Å². The van der Waals surface area contributed by atoms with E-state index in [1.165, 1.54) is 22.9 Å². The molecular weight excluding hydrogens is 402 g/mol. The molecular formula is C20H23N7O2S. The van der Waals surface area contributed by atoms with Crippen LogP contribution in [-0.4, -0.2) is 34.3 Å². The topological polar surface area (TPSA) is 104 Å². The smallest absolute Gasteiger partial charge is 0.358 e. The maximum absolute atomic E-state index is 11.0. The molecule has 1 atom stereocenters. The molecule has 156 valence electrons. The van der Waals surface area contributed by atoms with Crippen molar-refractivity contribution in [1.82, 2.24) is 29.4 Å². The van der Waals surface area contributed by atoms with Crippen LogP contribution >= 0.6 is 11.3 Å². The molecule has 9 nitrogen and oxygen atoms in total. The van der Waals surface area contributed by atoms with Gasteiger partial charge in [0.1, 0.15) is 17.7 Å². The first-order valence-electron chi connectivity index (χ1n) is 10.0. The first-order chi connectivity index (χ1) is 14.2. The Morgan fingerprint density at radius 2 is 2.13 bits per heavy atom. The minimum atomic E-state index is -0.490. The molecule has 0 spiro atoms. The molecule has 0 fully saturated rings. The molecule has 4 heterocycles. The third kappa shape index (κ3) is 3.06. The molecule has 0 saturated heterocycles. The summed E-state index contributed by atoms with van der Waals surface area (Å²) in [6.45, 7) is 9.02. The van der Waals surface area contributed by atoms with Gasteiger partial charge in [0.25, 0.3) is 0 Å². The highest BCUT2D eigenvalue weighted by atomic mass is 32.1. The summed E-state index contributed by atoms with van der Waals surface area (Å²) < 4.78 is 3.28. The minimum absolute atomic E-state index is 0.166. The lowest BCUT2D eigenvalue weighted by atomic mass is 9.72. The lowest BCUT2D eigenvalue weighted by Crippen LogP contribution is -2.26. The first-order valence-corrected chi connectivity index (χ1v) is 10.9. The van der Waals surface area contributed by atoms with Crippen LogP contribution in [0.25, 0.3) is 15.9 Å². The summed E-state index contributed by atoms with van der Waals surface area (Å²) in [5.74, 6) is 1.07. The van der Waals surface area contributed by atoms with Crippen molar-refractivity contribution < 1.29 is 4.92 Å². The van der Waals surface area contributed by atoms with E-state index in [9.17, 15) is 10.1 Å². The van der Waals surface area contributed by atoms with Crippen LogP contribution in [0.15, 0.2) is 12.4 Å². The lowest BCUT2D eigenvalue weighted by molar-refractivity contribution is -0.389. The molecule has 0 bridgehead atoms. The molecule has 10 heteroatoms. The van der Waals surface area contributed by atoms with Crippen LogP contribution in [0.1, 0.15) is 49.2 Å². The highest BCUT2D eigenvalue weighted by molar-refractivity contribution is 7.19. The number of fused-ring (bicyclic) bond motifs is 5. The zero-order chi connectivity index (χ0) is 21.2. The lowest BCUT2D eigenvalue weighted by Gasteiger charge is -2.33. The van der Waals surface area contributed by atoms with Crippen molar-refractivity contribution >= 4 is 33.0 Å². The molecule has 0 saturated carbocycles. The van der Waals surface area contributed by atoms with Gasteiger partial charge in [0, 0.05) is 4.88 Å². The fraction of sp³-hybridized carbons (Fsp3) is 0.500. The second kappa shape index (κ2) is 6.56. The van der Waals surface area contributed by atoms with Crippen LogP contribution in [0.3, 0.4) is 0 Å². The third-order valence-electron chi connectivity index (χ3n) is 6.10. The monoisotopic (exact) mass is 425 g/mol. The fourth-order valence-corrected chi connectivity index (χ4v) is 5.56. The maximum Gasteiger partial charge on any atom is 0.390 e. The number of aryl methyl sites for hydroxylation is 2. The van der Waals surface area contributed by atoms with Gasteiger partial charge in [-0.25, -0.2) is 14.5 Å². The fourth-order valence-electron chi connectivity index (χ4n) is 4.30. The average Bonchev–Trinajstić information content (AvgIpc) is 3.35. The van der Waals surface area contributed by atoms with E-state index in [0.717, 1.165) is 28.7 Å². The van der Waals surface area contributed by atoms with Gasteiger partial charge >= 0.3 is 5.82 Å². The molecule has 1 aliphatic carbocycles. The number of thiophene rings is 1. The molecule has 0 N–H and O–H groups in total. The van der Waals surface area contributed by atoms with Gasteiger partial charge in [-0.2, -0.15) is 4.68 Å². The third-order valence-corrected chi connectivity index (χ3v) is 7.26. The molecule has 0 aliphatic heterocycles. The summed E-state index contributed by atoms with van der Waals surface area (Å²) in [5, 5.41) is 20.7. The summed E-state index contributed by atoms with van der Waals surface area (Å²) in [6, 6.07) is 1.45. The minimum Gasteiger partial charge on any atom is -0.358 e. The second-order valence-corrected chi connectivity index (χ2v) is 10.2. The van der Waals surface area contributed by atoms with E-state index in [1.54, 1.807) is 33.8 Å². The Balaban J connectivity index is 1.55. The summed E-state index contributed by atoms with van der Waals surface area (Å²) in [7, 11) is 0. The normalized spacial score (nSPS) is 17.0. The second-order valence-electron chi connectivity index (χ2n) is 9.09. The molecule has 4 aromatic heterocycles. The molecule has 5 rings (SSSR count). The predicted molar refractivity (Wildman–Crippen MR) is 114 cm³/mol. The molecule has 1 aliphatic rings. The molecule has 0 aromatic carbocycles. The van der Waals surface area contributed by atoms with Gasteiger partial charge in [0.15, 0.2) is 11.5 Å². The van der Waals surface area contributed by atoms with E-state index >= 15 is 0 Å². The molecule has 0 radical (unpaired) electrons. The first kappa shape index (κ1) is 19.1. The van der Waals surface area contributed by atoms with Gasteiger partial charge in [-0.3, -0.25) is 0 Å². The van der Waals surface area contributed by atoms with Crippen LogP contribution in [0.2, 0.25) is 0 Å². The van der Waals surface area contributed by atoms with E-state index in [2.05, 4.69) is 36.0 Å². The van der Waals surface area contributed by atoms with Crippen LogP contribution in [0, 0.1) is 28.4 Å². The van der Waals surface area contributed by atoms with Crippen LogP contribution in [0.4, 0.5) is 5.82 Å². The molecule has 1 unspecified atom stereocenters. The van der Waals surface area contributed by atoms with Crippen molar-refractivity contribution in [3.63, 3.8) is 0 Å². The van der Waals surface area contributed by atoms with Crippen molar-refractivity contribution in [3.05, 3.63) is 44.5 Å². The Labute approximate surface area is 176 Å².